The van der Waals surface area contributed by atoms with Gasteiger partial charge in [0.25, 0.3) is 0 Å². The van der Waals surface area contributed by atoms with E-state index in [9.17, 15) is 0 Å². The first-order valence-corrected chi connectivity index (χ1v) is 23.3. The second-order valence-corrected chi connectivity index (χ2v) is 20.7. The number of rotatable bonds is 8. The summed E-state index contributed by atoms with van der Waals surface area (Å²) in [6.07, 6.45) is 6.51. The van der Waals surface area contributed by atoms with E-state index in [1.54, 1.807) is 0 Å². The molecule has 0 N–H and O–H groups in total. The van der Waals surface area contributed by atoms with Crippen molar-refractivity contribution in [3.63, 3.8) is 0 Å². The Morgan fingerprint density at radius 2 is 0.967 bits per heavy atom. The summed E-state index contributed by atoms with van der Waals surface area (Å²) in [4.78, 5) is 0. The molecule has 0 spiro atoms. The molecule has 0 saturated heterocycles. The van der Waals surface area contributed by atoms with E-state index in [1.807, 2.05) is 0 Å². The van der Waals surface area contributed by atoms with Crippen molar-refractivity contribution in [2.75, 3.05) is 0 Å². The molecule has 2 heterocycles. The zero-order valence-corrected chi connectivity index (χ0v) is 35.8. The van der Waals surface area contributed by atoms with Gasteiger partial charge in [-0.2, -0.15) is 0 Å². The molecule has 0 amide bonds. The highest BCUT2D eigenvalue weighted by Crippen LogP contribution is 2.51. The average molecular weight is 799 g/mol. The fraction of sp³-hybridized carbons (Fsp3) is 0.0690. The van der Waals surface area contributed by atoms with E-state index in [-0.39, 0.29) is 5.41 Å². The SMILES string of the molecule is C=CC1=C(/C=C\C)C(C)(C)c2ccc3c4ccccc4n(-c4ccc([Si](c5ccccc5)(c5ccccc5)c5ccc6c7ccccc7n(-c7ccccc7)c6c5)cc4)c3c21. The third-order valence-corrected chi connectivity index (χ3v) is 18.1. The second kappa shape index (κ2) is 14.2. The Bertz CT molecular complexity index is 3340. The highest BCUT2D eigenvalue weighted by molar-refractivity contribution is 7.20. The summed E-state index contributed by atoms with van der Waals surface area (Å²) in [6, 6.07) is 72.6. The molecule has 0 saturated carbocycles. The van der Waals surface area contributed by atoms with Crippen LogP contribution in [0.3, 0.4) is 0 Å². The lowest BCUT2D eigenvalue weighted by molar-refractivity contribution is 0.654. The molecule has 10 aromatic rings. The molecule has 8 aromatic carbocycles. The zero-order valence-electron chi connectivity index (χ0n) is 34.8. The number of fused-ring (bicyclic) bond motifs is 8. The Morgan fingerprint density at radius 1 is 0.475 bits per heavy atom. The largest absolute Gasteiger partial charge is 0.309 e. The number of allylic oxidation sites excluding steroid dienone is 5. The van der Waals surface area contributed by atoms with Crippen LogP contribution in [0.5, 0.6) is 0 Å². The van der Waals surface area contributed by atoms with Crippen LogP contribution >= 0.6 is 0 Å². The van der Waals surface area contributed by atoms with Crippen LogP contribution < -0.4 is 20.7 Å². The molecule has 2 nitrogen and oxygen atoms in total. The summed E-state index contributed by atoms with van der Waals surface area (Å²) in [5.41, 5.74) is 12.2. The monoisotopic (exact) mass is 798 g/mol. The summed E-state index contributed by atoms with van der Waals surface area (Å²) >= 11 is 0. The molecule has 1 aliphatic rings. The van der Waals surface area contributed by atoms with Crippen LogP contribution in [0.15, 0.2) is 225 Å². The van der Waals surface area contributed by atoms with Crippen LogP contribution in [0.4, 0.5) is 0 Å². The van der Waals surface area contributed by atoms with Crippen molar-refractivity contribution in [1.29, 1.82) is 0 Å². The second-order valence-electron chi connectivity index (χ2n) is 16.8. The molecule has 11 rings (SSSR count). The van der Waals surface area contributed by atoms with E-state index in [0.29, 0.717) is 0 Å². The Kier molecular flexibility index (Phi) is 8.59. The number of hydrogen-bond acceptors (Lipinski definition) is 0. The standard InChI is InChI=1S/C58H46N2Si/c1-5-20-51-46(6-2)56-52(58(51,3)4)38-37-50-48-28-17-19-30-54(48)60(57(50)56)41-31-33-44(34-32-41)61(42-23-12-8-13-24-42,43-25-14-9-15-26-43)45-35-36-49-47-27-16-18-29-53(47)59(55(49)39-45)40-21-10-7-11-22-40/h5-39H,2H2,1,3-4H3/b20-5-. The molecule has 3 heteroatoms. The maximum absolute atomic E-state index is 4.38. The number of benzene rings is 8. The van der Waals surface area contributed by atoms with Gasteiger partial charge in [-0.05, 0) is 86.8 Å². The molecule has 1 aliphatic carbocycles. The summed E-state index contributed by atoms with van der Waals surface area (Å²) < 4.78 is 4.95. The zero-order chi connectivity index (χ0) is 41.3. The van der Waals surface area contributed by atoms with Crippen molar-refractivity contribution in [2.45, 2.75) is 26.2 Å². The van der Waals surface area contributed by atoms with Gasteiger partial charge in [-0.3, -0.25) is 0 Å². The smallest absolute Gasteiger partial charge is 0.179 e. The van der Waals surface area contributed by atoms with Crippen molar-refractivity contribution in [2.24, 2.45) is 0 Å². The predicted molar refractivity (Wildman–Crippen MR) is 264 cm³/mol. The topological polar surface area (TPSA) is 9.86 Å². The van der Waals surface area contributed by atoms with E-state index in [4.69, 9.17) is 0 Å². The van der Waals surface area contributed by atoms with Crippen molar-refractivity contribution in [3.8, 4) is 11.4 Å². The Balaban J connectivity index is 1.20. The van der Waals surface area contributed by atoms with Gasteiger partial charge in [0.05, 0.1) is 22.1 Å². The molecular formula is C58H46N2Si. The van der Waals surface area contributed by atoms with Crippen molar-refractivity contribution < 1.29 is 0 Å². The molecular weight excluding hydrogens is 753 g/mol. The molecule has 2 aromatic heterocycles. The number of hydrogen-bond donors (Lipinski definition) is 0. The van der Waals surface area contributed by atoms with Gasteiger partial charge in [0, 0.05) is 43.9 Å². The minimum atomic E-state index is -2.93. The Hall–Kier alpha value is -7.20. The van der Waals surface area contributed by atoms with Crippen LogP contribution in [0.2, 0.25) is 0 Å². The third-order valence-electron chi connectivity index (χ3n) is 13.4. The van der Waals surface area contributed by atoms with Crippen molar-refractivity contribution in [3.05, 3.63) is 236 Å². The number of para-hydroxylation sites is 3. The minimum absolute atomic E-state index is 0.158. The van der Waals surface area contributed by atoms with Gasteiger partial charge in [0.15, 0.2) is 8.07 Å². The summed E-state index contributed by atoms with van der Waals surface area (Å²) in [5.74, 6) is 0. The van der Waals surface area contributed by atoms with Gasteiger partial charge in [0.1, 0.15) is 0 Å². The van der Waals surface area contributed by atoms with Gasteiger partial charge in [-0.15, -0.1) is 0 Å². The van der Waals surface area contributed by atoms with Gasteiger partial charge in [0.2, 0.25) is 0 Å². The first kappa shape index (κ1) is 36.8. The van der Waals surface area contributed by atoms with Gasteiger partial charge in [-0.1, -0.05) is 190 Å². The maximum Gasteiger partial charge on any atom is 0.179 e. The average Bonchev–Trinajstić information content (AvgIpc) is 3.90. The summed E-state index contributed by atoms with van der Waals surface area (Å²) in [5, 5.41) is 10.4. The lowest BCUT2D eigenvalue weighted by Crippen LogP contribution is -2.74. The van der Waals surface area contributed by atoms with Crippen LogP contribution in [0.1, 0.15) is 31.9 Å². The van der Waals surface area contributed by atoms with Crippen LogP contribution in [-0.2, 0) is 5.41 Å². The fourth-order valence-electron chi connectivity index (χ4n) is 10.7. The van der Waals surface area contributed by atoms with Gasteiger partial charge < -0.3 is 9.13 Å². The first-order valence-electron chi connectivity index (χ1n) is 21.3. The molecule has 0 radical (unpaired) electrons. The minimum Gasteiger partial charge on any atom is -0.309 e. The maximum atomic E-state index is 4.38. The Morgan fingerprint density at radius 3 is 1.59 bits per heavy atom. The third kappa shape index (κ3) is 5.34. The van der Waals surface area contributed by atoms with E-state index in [2.05, 4.69) is 249 Å². The predicted octanol–water partition coefficient (Wildman–Crippen LogP) is 12.1. The fourth-order valence-corrected chi connectivity index (χ4v) is 15.4. The Labute approximate surface area is 358 Å². The summed E-state index contributed by atoms with van der Waals surface area (Å²) in [7, 11) is -2.93. The van der Waals surface area contributed by atoms with E-state index >= 15 is 0 Å². The molecule has 0 aliphatic heterocycles. The molecule has 0 bridgehead atoms. The van der Waals surface area contributed by atoms with E-state index < -0.39 is 8.07 Å². The summed E-state index contributed by atoms with van der Waals surface area (Å²) in [6.45, 7) is 11.2. The van der Waals surface area contributed by atoms with Crippen LogP contribution in [0.25, 0.3) is 60.6 Å². The molecule has 61 heavy (non-hydrogen) atoms. The first-order chi connectivity index (χ1) is 30.0. The highest BCUT2D eigenvalue weighted by Gasteiger charge is 2.42. The lowest BCUT2D eigenvalue weighted by atomic mass is 9.81. The van der Waals surface area contributed by atoms with Gasteiger partial charge >= 0.3 is 0 Å². The number of aromatic nitrogens is 2. The van der Waals surface area contributed by atoms with Crippen molar-refractivity contribution in [1.82, 2.24) is 9.13 Å². The van der Waals surface area contributed by atoms with Crippen molar-refractivity contribution >= 4 is 78.0 Å². The van der Waals surface area contributed by atoms with Gasteiger partial charge in [-0.25, -0.2) is 0 Å². The number of nitrogens with zero attached hydrogens (tertiary/aromatic N) is 2. The van der Waals surface area contributed by atoms with Crippen LogP contribution in [0, 0.1) is 0 Å². The lowest BCUT2D eigenvalue weighted by Gasteiger charge is -2.34. The quantitative estimate of drug-likeness (QED) is 0.107. The normalized spacial score (nSPS) is 13.9. The van der Waals surface area contributed by atoms with E-state index in [1.165, 1.54) is 86.6 Å². The molecule has 0 fully saturated rings. The molecule has 0 unspecified atom stereocenters. The van der Waals surface area contributed by atoms with E-state index in [0.717, 1.165) is 11.4 Å². The highest BCUT2D eigenvalue weighted by atomic mass is 28.3. The molecule has 292 valence electrons. The molecule has 0 atom stereocenters. The van der Waals surface area contributed by atoms with Crippen LogP contribution in [-0.4, -0.2) is 17.2 Å².